The number of aliphatic hydroxyl groups excluding tert-OH is 4. The molecule has 19 nitrogen and oxygen atoms in total. The van der Waals surface area contributed by atoms with E-state index in [4.69, 9.17) is 42.6 Å². The lowest BCUT2D eigenvalue weighted by atomic mass is 9.79. The summed E-state index contributed by atoms with van der Waals surface area (Å²) in [6.45, 7) is 15.5. The number of esters is 1. The van der Waals surface area contributed by atoms with E-state index < -0.39 is 122 Å². The second-order valence-electron chi connectivity index (χ2n) is 18.2. The van der Waals surface area contributed by atoms with Crippen LogP contribution in [0.2, 0.25) is 0 Å². The summed E-state index contributed by atoms with van der Waals surface area (Å²) in [5.74, 6) is -3.25. The zero-order chi connectivity index (χ0) is 48.8. The lowest BCUT2D eigenvalue weighted by molar-refractivity contribution is -0.307. The highest BCUT2D eigenvalue weighted by Crippen LogP contribution is 2.36. The fraction of sp³-hybridized carbons (Fsp3) is 0.826. The van der Waals surface area contributed by atoms with Crippen molar-refractivity contribution in [3.05, 3.63) is 35.7 Å². The lowest BCUT2D eigenvalue weighted by Crippen LogP contribution is -2.64. The molecule has 1 aromatic heterocycles. The first-order valence-corrected chi connectivity index (χ1v) is 23.6. The van der Waals surface area contributed by atoms with Crippen molar-refractivity contribution in [3.8, 4) is 0 Å². The van der Waals surface area contributed by atoms with Crippen LogP contribution < -0.4 is 0 Å². The molecule has 0 saturated carbocycles. The smallest absolute Gasteiger partial charge is 0.308 e. The van der Waals surface area contributed by atoms with Crippen molar-refractivity contribution in [1.82, 2.24) is 19.8 Å². The summed E-state index contributed by atoms with van der Waals surface area (Å²) in [6, 6.07) is -0.818. The second-order valence-corrected chi connectivity index (χ2v) is 18.2. The minimum atomic E-state index is -1.36. The molecule has 0 radical (unpaired) electrons. The molecular weight excluding hydrogens is 859 g/mol. The van der Waals surface area contributed by atoms with Gasteiger partial charge in [0.05, 0.1) is 55.3 Å². The Labute approximate surface area is 391 Å². The number of likely N-dealkylation sites (N-methyl/N-ethyl adjacent to an activating group) is 1. The van der Waals surface area contributed by atoms with Gasteiger partial charge in [0, 0.05) is 70.8 Å². The molecule has 4 heterocycles. The molecule has 0 aromatic carbocycles. The molecule has 2 saturated heterocycles. The number of methoxy groups -OCH3 is 2. The molecule has 0 aliphatic carbocycles. The third-order valence-corrected chi connectivity index (χ3v) is 13.2. The Morgan fingerprint density at radius 2 is 1.56 bits per heavy atom. The minimum absolute atomic E-state index is 0.00976. The minimum Gasteiger partial charge on any atom is -0.462 e. The van der Waals surface area contributed by atoms with Crippen LogP contribution in [-0.2, 0) is 58.6 Å². The van der Waals surface area contributed by atoms with Crippen molar-refractivity contribution >= 4 is 19.7 Å². The van der Waals surface area contributed by atoms with Gasteiger partial charge in [0.25, 0.3) is 7.98 Å². The quantitative estimate of drug-likeness (QED) is 0.0925. The van der Waals surface area contributed by atoms with Crippen LogP contribution in [0.15, 0.2) is 30.0 Å². The highest BCUT2D eigenvalue weighted by atomic mass is 16.7. The second kappa shape index (κ2) is 26.9. The van der Waals surface area contributed by atoms with Crippen LogP contribution in [-0.4, -0.2) is 194 Å². The number of aliphatic hydroxyl groups is 4. The Hall–Kier alpha value is -2.70. The molecule has 0 spiro atoms. The van der Waals surface area contributed by atoms with Gasteiger partial charge < -0.3 is 67.7 Å². The fourth-order valence-corrected chi connectivity index (χ4v) is 9.30. The summed E-state index contributed by atoms with van der Waals surface area (Å²) >= 11 is 0. The van der Waals surface area contributed by atoms with Gasteiger partial charge in [-0.15, -0.1) is 5.10 Å². The van der Waals surface area contributed by atoms with Crippen molar-refractivity contribution in [2.75, 3.05) is 47.6 Å². The number of aromatic nitrogens is 3. The Morgan fingerprint density at radius 1 is 0.909 bits per heavy atom. The predicted octanol–water partition coefficient (Wildman–Crippen LogP) is 1.36. The van der Waals surface area contributed by atoms with Gasteiger partial charge in [-0.1, -0.05) is 43.7 Å². The molecule has 2 fully saturated rings. The summed E-state index contributed by atoms with van der Waals surface area (Å²) in [7, 11) is 6.53. The van der Waals surface area contributed by atoms with E-state index in [1.165, 1.54) is 20.3 Å². The number of rotatable bonds is 18. The van der Waals surface area contributed by atoms with Crippen LogP contribution in [0.5, 0.6) is 0 Å². The number of carbonyl (C=O) groups is 2. The molecule has 66 heavy (non-hydrogen) atoms. The zero-order valence-corrected chi connectivity index (χ0v) is 41.1. The van der Waals surface area contributed by atoms with Gasteiger partial charge >= 0.3 is 5.97 Å². The summed E-state index contributed by atoms with van der Waals surface area (Å²) in [4.78, 5) is 29.8. The van der Waals surface area contributed by atoms with E-state index in [0.717, 1.165) is 5.69 Å². The number of hydrogen-bond acceptors (Lipinski definition) is 18. The molecule has 0 bridgehead atoms. The van der Waals surface area contributed by atoms with Crippen molar-refractivity contribution < 1.29 is 72.6 Å². The third-order valence-electron chi connectivity index (χ3n) is 13.2. The van der Waals surface area contributed by atoms with Crippen LogP contribution in [0.25, 0.3) is 0 Å². The summed E-state index contributed by atoms with van der Waals surface area (Å²) in [5.41, 5.74) is 1.46. The Kier molecular flexibility index (Phi) is 22.8. The number of ketones is 1. The number of hydrogen-bond donors (Lipinski definition) is 4. The molecule has 17 atom stereocenters. The number of ether oxygens (including phenoxy) is 9. The monoisotopic (exact) mass is 939 g/mol. The van der Waals surface area contributed by atoms with Crippen molar-refractivity contribution in [2.24, 2.45) is 23.7 Å². The standard InChI is InChI=1S/C46H79BN4O15/c1-12-35-31(24-62-46-44(59-11)43(58-10)40(56)29(8)64-46)19-25(4)15-16-33(52)26(5)20-30(21-37(60-13-2)61-14-3)42(27(6)34(53)22-36(54)65-35)66-45-41(57)38(39(55)28(7)63-45)50(9)18-17-32-23-51(47)49-48-32/h15-16,19,23,26-31,34-35,37-46,53,55-57H,12-14,17-18,20-22,24,47H2,1-11H3/b16-15+,25-19+/t26-,27+,28?,29?,30-,31?,34-,35?,38?,39?,40?,41?,42-,43?,44?,45+,46?/m1/s1. The molecule has 20 heteroatoms. The Morgan fingerprint density at radius 3 is 2.17 bits per heavy atom. The van der Waals surface area contributed by atoms with Crippen LogP contribution in [0.1, 0.15) is 86.8 Å². The van der Waals surface area contributed by atoms with Gasteiger partial charge in [-0.25, -0.2) is 0 Å². The van der Waals surface area contributed by atoms with Crippen molar-refractivity contribution in [3.63, 3.8) is 0 Å². The van der Waals surface area contributed by atoms with Crippen LogP contribution in [0.3, 0.4) is 0 Å². The van der Waals surface area contributed by atoms with Crippen molar-refractivity contribution in [1.29, 1.82) is 0 Å². The van der Waals surface area contributed by atoms with Gasteiger partial charge in [0.15, 0.2) is 24.7 Å². The molecule has 3 aliphatic rings. The number of carbonyl (C=O) groups excluding carboxylic acids is 2. The van der Waals surface area contributed by atoms with Gasteiger partial charge in [-0.2, -0.15) is 0 Å². The largest absolute Gasteiger partial charge is 0.462 e. The van der Waals surface area contributed by atoms with Gasteiger partial charge in [-0.3, -0.25) is 14.5 Å². The molecule has 3 aliphatic heterocycles. The maximum Gasteiger partial charge on any atom is 0.308 e. The van der Waals surface area contributed by atoms with Crippen LogP contribution in [0, 0.1) is 23.7 Å². The summed E-state index contributed by atoms with van der Waals surface area (Å²) in [6.07, 6.45) is -4.27. The van der Waals surface area contributed by atoms with Crippen molar-refractivity contribution in [2.45, 2.75) is 173 Å². The number of allylic oxidation sites excluding steroid dienone is 3. The molecule has 1 aromatic rings. The highest BCUT2D eigenvalue weighted by molar-refractivity contribution is 6.05. The normalized spacial score (nSPS) is 38.0. The fourth-order valence-electron chi connectivity index (χ4n) is 9.30. The summed E-state index contributed by atoms with van der Waals surface area (Å²) < 4.78 is 56.3. The van der Waals surface area contributed by atoms with E-state index in [1.54, 1.807) is 52.7 Å². The predicted molar refractivity (Wildman–Crippen MR) is 243 cm³/mol. The number of cyclic esters (lactones) is 1. The molecule has 4 N–H and O–H groups in total. The topological polar surface area (TPSA) is 232 Å². The molecule has 4 rings (SSSR count). The average Bonchev–Trinajstić information content (AvgIpc) is 3.70. The first kappa shape index (κ1) is 55.9. The first-order valence-electron chi connectivity index (χ1n) is 23.6. The SMILES string of the molecule is Bn1cc(CCN(C)C2C(O)C(C)O[C@@H](O[C@H]3[C@@H](CC(OCC)OCC)C[C@@H](C)C(=O)/C=C/C(C)=C/C(COC4OC(C)C(O)C(OC)C4OC)C(CC)OC(=O)C[C@@H](O)[C@@H]3C)C2O)nn1. The molecule has 11 unspecified atom stereocenters. The molecular formula is C46H79BN4O15. The number of nitrogens with zero attached hydrogens (tertiary/aromatic N) is 4. The van der Waals surface area contributed by atoms with E-state index in [1.807, 2.05) is 45.6 Å². The van der Waals surface area contributed by atoms with E-state index in [-0.39, 0.29) is 25.2 Å². The van der Waals surface area contributed by atoms with Crippen LogP contribution in [0.4, 0.5) is 0 Å². The molecule has 376 valence electrons. The van der Waals surface area contributed by atoms with Gasteiger partial charge in [-0.05, 0) is 66.5 Å². The van der Waals surface area contributed by atoms with Crippen LogP contribution >= 0.6 is 0 Å². The van der Waals surface area contributed by atoms with E-state index in [9.17, 15) is 30.0 Å². The first-order chi connectivity index (χ1) is 31.4. The van der Waals surface area contributed by atoms with Gasteiger partial charge in [0.1, 0.15) is 30.5 Å². The maximum absolute atomic E-state index is 14.0. The van der Waals surface area contributed by atoms with E-state index in [0.29, 0.717) is 38.2 Å². The third kappa shape index (κ3) is 15.2. The van der Waals surface area contributed by atoms with E-state index >= 15 is 0 Å². The Balaban J connectivity index is 1.69. The van der Waals surface area contributed by atoms with E-state index in [2.05, 4.69) is 10.3 Å². The van der Waals surface area contributed by atoms with Gasteiger partial charge in [0.2, 0.25) is 0 Å². The lowest BCUT2D eigenvalue weighted by Gasteiger charge is -2.47. The molecule has 0 amide bonds. The summed E-state index contributed by atoms with van der Waals surface area (Å²) in [5, 5.41) is 54.3. The maximum atomic E-state index is 14.0. The zero-order valence-electron chi connectivity index (χ0n) is 41.1. The average molecular weight is 939 g/mol. The highest BCUT2D eigenvalue weighted by Gasteiger charge is 2.49. The Bertz CT molecular complexity index is 1680.